The van der Waals surface area contributed by atoms with Crippen molar-refractivity contribution >= 4 is 0 Å². The molecule has 0 aliphatic carbocycles. The first-order chi connectivity index (χ1) is 12.8. The van der Waals surface area contributed by atoms with E-state index in [0.717, 1.165) is 45.3 Å². The first-order valence-electron chi connectivity index (χ1n) is 10.0. The van der Waals surface area contributed by atoms with Gasteiger partial charge in [-0.25, -0.2) is 0 Å². The van der Waals surface area contributed by atoms with Gasteiger partial charge in [0, 0.05) is 44.6 Å². The van der Waals surface area contributed by atoms with Crippen molar-refractivity contribution in [2.24, 2.45) is 7.05 Å². The standard InChI is InChI=1S/C22H31N3O/c1-23-21(7-8-22(23)18-25-13-15-26-16-14-25)17-24-11-9-20(10-12-24)19-5-3-2-4-6-19/h2-8,20H,9-18H2,1H3. The zero-order valence-electron chi connectivity index (χ0n) is 15.9. The average molecular weight is 354 g/mol. The Hall–Kier alpha value is -1.62. The highest BCUT2D eigenvalue weighted by molar-refractivity contribution is 5.20. The van der Waals surface area contributed by atoms with E-state index in [0.29, 0.717) is 0 Å². The average Bonchev–Trinajstić information content (AvgIpc) is 3.04. The van der Waals surface area contributed by atoms with Crippen molar-refractivity contribution < 1.29 is 4.74 Å². The lowest BCUT2D eigenvalue weighted by atomic mass is 9.89. The maximum atomic E-state index is 5.46. The molecule has 0 unspecified atom stereocenters. The highest BCUT2D eigenvalue weighted by atomic mass is 16.5. The van der Waals surface area contributed by atoms with Gasteiger partial charge >= 0.3 is 0 Å². The van der Waals surface area contributed by atoms with Gasteiger partial charge in [0.05, 0.1) is 13.2 Å². The van der Waals surface area contributed by atoms with E-state index in [9.17, 15) is 0 Å². The maximum absolute atomic E-state index is 5.46. The third kappa shape index (κ3) is 4.20. The van der Waals surface area contributed by atoms with E-state index in [1.165, 1.54) is 42.9 Å². The summed E-state index contributed by atoms with van der Waals surface area (Å²) in [6.07, 6.45) is 2.55. The van der Waals surface area contributed by atoms with Gasteiger partial charge in [-0.05, 0) is 49.5 Å². The smallest absolute Gasteiger partial charge is 0.0594 e. The minimum atomic E-state index is 0.734. The molecule has 0 N–H and O–H groups in total. The number of piperidine rings is 1. The van der Waals surface area contributed by atoms with Crippen LogP contribution >= 0.6 is 0 Å². The Labute approximate surface area is 157 Å². The third-order valence-corrected chi connectivity index (χ3v) is 6.06. The van der Waals surface area contributed by atoms with Gasteiger partial charge in [-0.15, -0.1) is 0 Å². The molecule has 0 spiro atoms. The first kappa shape index (κ1) is 17.8. The molecule has 2 saturated heterocycles. The number of hydrogen-bond donors (Lipinski definition) is 0. The fraction of sp³-hybridized carbons (Fsp3) is 0.545. The second-order valence-electron chi connectivity index (χ2n) is 7.72. The third-order valence-electron chi connectivity index (χ3n) is 6.06. The Morgan fingerprint density at radius 1 is 0.808 bits per heavy atom. The lowest BCUT2D eigenvalue weighted by Gasteiger charge is -2.32. The molecule has 4 rings (SSSR count). The summed E-state index contributed by atoms with van der Waals surface area (Å²) in [5.74, 6) is 0.734. The number of nitrogens with zero attached hydrogens (tertiary/aromatic N) is 3. The molecule has 2 fully saturated rings. The molecular weight excluding hydrogens is 322 g/mol. The number of rotatable bonds is 5. The lowest BCUT2D eigenvalue weighted by molar-refractivity contribution is 0.0332. The van der Waals surface area contributed by atoms with Crippen LogP contribution in [0.4, 0.5) is 0 Å². The van der Waals surface area contributed by atoms with Crippen LogP contribution in [0.1, 0.15) is 35.7 Å². The predicted molar refractivity (Wildman–Crippen MR) is 105 cm³/mol. The van der Waals surface area contributed by atoms with Gasteiger partial charge < -0.3 is 9.30 Å². The Balaban J connectivity index is 1.31. The van der Waals surface area contributed by atoms with Crippen molar-refractivity contribution in [3.05, 3.63) is 59.4 Å². The molecule has 0 saturated carbocycles. The van der Waals surface area contributed by atoms with Crippen molar-refractivity contribution in [3.8, 4) is 0 Å². The highest BCUT2D eigenvalue weighted by Gasteiger charge is 2.21. The quantitative estimate of drug-likeness (QED) is 0.823. The van der Waals surface area contributed by atoms with Gasteiger partial charge in [-0.3, -0.25) is 9.80 Å². The van der Waals surface area contributed by atoms with Crippen molar-refractivity contribution in [3.63, 3.8) is 0 Å². The van der Waals surface area contributed by atoms with E-state index in [1.807, 2.05) is 0 Å². The number of ether oxygens (including phenoxy) is 1. The largest absolute Gasteiger partial charge is 0.379 e. The molecule has 1 aromatic carbocycles. The number of hydrogen-bond acceptors (Lipinski definition) is 3. The van der Waals surface area contributed by atoms with Crippen LogP contribution in [0.3, 0.4) is 0 Å². The SMILES string of the molecule is Cn1c(CN2CCOCC2)ccc1CN1CCC(c2ccccc2)CC1. The van der Waals surface area contributed by atoms with Crippen LogP contribution in [-0.2, 0) is 24.9 Å². The summed E-state index contributed by atoms with van der Waals surface area (Å²) in [4.78, 5) is 5.11. The molecule has 2 aliphatic heterocycles. The van der Waals surface area contributed by atoms with E-state index < -0.39 is 0 Å². The number of likely N-dealkylation sites (tertiary alicyclic amines) is 1. The van der Waals surface area contributed by atoms with Crippen molar-refractivity contribution in [1.82, 2.24) is 14.4 Å². The first-order valence-corrected chi connectivity index (χ1v) is 10.0. The van der Waals surface area contributed by atoms with Crippen LogP contribution in [0.2, 0.25) is 0 Å². The van der Waals surface area contributed by atoms with Gasteiger partial charge in [0.1, 0.15) is 0 Å². The number of benzene rings is 1. The van der Waals surface area contributed by atoms with Gasteiger partial charge in [-0.1, -0.05) is 30.3 Å². The monoisotopic (exact) mass is 353 g/mol. The van der Waals surface area contributed by atoms with Crippen LogP contribution in [-0.4, -0.2) is 53.8 Å². The summed E-state index contributed by atoms with van der Waals surface area (Å²) < 4.78 is 7.86. The molecule has 2 aromatic rings. The zero-order valence-corrected chi connectivity index (χ0v) is 15.9. The van der Waals surface area contributed by atoms with Gasteiger partial charge in [0.2, 0.25) is 0 Å². The van der Waals surface area contributed by atoms with Gasteiger partial charge in [0.15, 0.2) is 0 Å². The summed E-state index contributed by atoms with van der Waals surface area (Å²) in [7, 11) is 2.22. The summed E-state index contributed by atoms with van der Waals surface area (Å²) in [5, 5.41) is 0. The molecule has 26 heavy (non-hydrogen) atoms. The van der Waals surface area contributed by atoms with Gasteiger partial charge in [-0.2, -0.15) is 0 Å². The second-order valence-corrected chi connectivity index (χ2v) is 7.72. The molecule has 140 valence electrons. The maximum Gasteiger partial charge on any atom is 0.0594 e. The number of aromatic nitrogens is 1. The Morgan fingerprint density at radius 2 is 1.38 bits per heavy atom. The van der Waals surface area contributed by atoms with Crippen molar-refractivity contribution in [2.75, 3.05) is 39.4 Å². The Bertz CT molecular complexity index is 683. The molecule has 3 heterocycles. The predicted octanol–water partition coefficient (Wildman–Crippen LogP) is 3.24. The molecule has 0 amide bonds. The zero-order chi connectivity index (χ0) is 17.8. The molecule has 1 aromatic heterocycles. The van der Waals surface area contributed by atoms with Crippen LogP contribution in [0, 0.1) is 0 Å². The van der Waals surface area contributed by atoms with Crippen LogP contribution in [0.5, 0.6) is 0 Å². The molecule has 4 nitrogen and oxygen atoms in total. The van der Waals surface area contributed by atoms with E-state index >= 15 is 0 Å². The topological polar surface area (TPSA) is 20.6 Å². The van der Waals surface area contributed by atoms with Crippen LogP contribution in [0.15, 0.2) is 42.5 Å². The van der Waals surface area contributed by atoms with Crippen molar-refractivity contribution in [2.45, 2.75) is 31.8 Å². The van der Waals surface area contributed by atoms with E-state index in [2.05, 4.69) is 63.9 Å². The second kappa shape index (κ2) is 8.38. The van der Waals surface area contributed by atoms with E-state index in [1.54, 1.807) is 0 Å². The summed E-state index contributed by atoms with van der Waals surface area (Å²) >= 11 is 0. The summed E-state index contributed by atoms with van der Waals surface area (Å²) in [5.41, 5.74) is 4.37. The van der Waals surface area contributed by atoms with Crippen molar-refractivity contribution in [1.29, 1.82) is 0 Å². The van der Waals surface area contributed by atoms with E-state index in [-0.39, 0.29) is 0 Å². The fourth-order valence-corrected chi connectivity index (χ4v) is 4.29. The molecule has 4 heteroatoms. The molecule has 0 radical (unpaired) electrons. The normalized spacial score (nSPS) is 20.5. The van der Waals surface area contributed by atoms with E-state index in [4.69, 9.17) is 4.74 Å². The number of morpholine rings is 1. The Kier molecular flexibility index (Phi) is 5.73. The molecule has 2 aliphatic rings. The van der Waals surface area contributed by atoms with Crippen LogP contribution < -0.4 is 0 Å². The lowest BCUT2D eigenvalue weighted by Crippen LogP contribution is -2.36. The molecular formula is C22H31N3O. The minimum Gasteiger partial charge on any atom is -0.379 e. The summed E-state index contributed by atoms with van der Waals surface area (Å²) in [6.45, 7) is 8.34. The Morgan fingerprint density at radius 3 is 2.00 bits per heavy atom. The molecule has 0 bridgehead atoms. The molecule has 0 atom stereocenters. The minimum absolute atomic E-state index is 0.734. The van der Waals surface area contributed by atoms with Gasteiger partial charge in [0.25, 0.3) is 0 Å². The summed E-state index contributed by atoms with van der Waals surface area (Å²) in [6, 6.07) is 15.7. The fourth-order valence-electron chi connectivity index (χ4n) is 4.29. The highest BCUT2D eigenvalue weighted by Crippen LogP contribution is 2.28. The van der Waals surface area contributed by atoms with Crippen LogP contribution in [0.25, 0.3) is 0 Å².